The number of rotatable bonds is 4. The van der Waals surface area contributed by atoms with Crippen molar-refractivity contribution in [2.75, 3.05) is 6.61 Å². The number of nitrogens with zero attached hydrogens (tertiary/aromatic N) is 2. The first-order chi connectivity index (χ1) is 7.34. The van der Waals surface area contributed by atoms with Gasteiger partial charge in [0.2, 0.25) is 5.89 Å². The topological polar surface area (TPSA) is 48.2 Å². The average Bonchev–Trinajstić information content (AvgIpc) is 2.66. The van der Waals surface area contributed by atoms with Crippen LogP contribution in [0.3, 0.4) is 0 Å². The van der Waals surface area contributed by atoms with Crippen molar-refractivity contribution in [1.29, 1.82) is 0 Å². The van der Waals surface area contributed by atoms with E-state index in [0.717, 1.165) is 5.75 Å². The molecule has 1 aromatic heterocycles. The highest BCUT2D eigenvalue weighted by Crippen LogP contribution is 2.10. The number of benzene rings is 1. The Kier molecular flexibility index (Phi) is 3.34. The lowest BCUT2D eigenvalue weighted by Gasteiger charge is -2.02. The van der Waals surface area contributed by atoms with E-state index >= 15 is 0 Å². The molecule has 5 heteroatoms. The average molecular weight is 269 g/mol. The molecule has 0 aliphatic carbocycles. The lowest BCUT2D eigenvalue weighted by atomic mass is 10.3. The zero-order chi connectivity index (χ0) is 10.5. The highest BCUT2D eigenvalue weighted by Gasteiger charge is 2.02. The van der Waals surface area contributed by atoms with Crippen molar-refractivity contribution in [2.45, 2.75) is 6.42 Å². The van der Waals surface area contributed by atoms with Crippen LogP contribution in [0.25, 0.3) is 0 Å². The molecule has 0 aliphatic heterocycles. The molecule has 0 fully saturated rings. The summed E-state index contributed by atoms with van der Waals surface area (Å²) in [5.41, 5.74) is 0. The van der Waals surface area contributed by atoms with Gasteiger partial charge in [0.05, 0.1) is 13.0 Å². The molecular weight excluding hydrogens is 260 g/mol. The molecule has 0 N–H and O–H groups in total. The summed E-state index contributed by atoms with van der Waals surface area (Å²) in [6, 6.07) is 9.62. The zero-order valence-corrected chi connectivity index (χ0v) is 9.48. The standard InChI is InChI=1S/C10H9BrN2O2/c11-10-13-12-9(15-10)6-7-14-8-4-2-1-3-5-8/h1-5H,6-7H2. The fourth-order valence-electron chi connectivity index (χ4n) is 1.11. The fourth-order valence-corrected chi connectivity index (χ4v) is 1.37. The Bertz CT molecular complexity index is 416. The lowest BCUT2D eigenvalue weighted by molar-refractivity contribution is 0.305. The number of halogens is 1. The maximum Gasteiger partial charge on any atom is 0.284 e. The van der Waals surface area contributed by atoms with Crippen molar-refractivity contribution in [1.82, 2.24) is 10.2 Å². The molecule has 78 valence electrons. The first-order valence-corrected chi connectivity index (χ1v) is 5.29. The maximum absolute atomic E-state index is 5.48. The minimum absolute atomic E-state index is 0.400. The van der Waals surface area contributed by atoms with Gasteiger partial charge in [0.15, 0.2) is 0 Å². The summed E-state index contributed by atoms with van der Waals surface area (Å²) in [5, 5.41) is 7.49. The van der Waals surface area contributed by atoms with Crippen LogP contribution in [0.15, 0.2) is 39.5 Å². The third-order valence-corrected chi connectivity index (χ3v) is 2.09. The van der Waals surface area contributed by atoms with Crippen molar-refractivity contribution in [3.8, 4) is 5.75 Å². The molecule has 0 saturated heterocycles. The Balaban J connectivity index is 1.80. The maximum atomic E-state index is 5.48. The number of ether oxygens (including phenoxy) is 1. The summed E-state index contributed by atoms with van der Waals surface area (Å²) in [5.74, 6) is 1.41. The van der Waals surface area contributed by atoms with Gasteiger partial charge in [0.1, 0.15) is 5.75 Å². The first-order valence-electron chi connectivity index (χ1n) is 4.50. The van der Waals surface area contributed by atoms with E-state index in [9.17, 15) is 0 Å². The quantitative estimate of drug-likeness (QED) is 0.855. The largest absolute Gasteiger partial charge is 0.493 e. The van der Waals surface area contributed by atoms with E-state index in [4.69, 9.17) is 9.15 Å². The molecule has 1 heterocycles. The van der Waals surface area contributed by atoms with Crippen LogP contribution in [0.2, 0.25) is 0 Å². The summed E-state index contributed by atoms with van der Waals surface area (Å²) < 4.78 is 10.6. The zero-order valence-electron chi connectivity index (χ0n) is 7.89. The van der Waals surface area contributed by atoms with Crippen molar-refractivity contribution in [3.05, 3.63) is 41.0 Å². The van der Waals surface area contributed by atoms with Crippen LogP contribution >= 0.6 is 15.9 Å². The minimum atomic E-state index is 0.400. The molecule has 4 nitrogen and oxygen atoms in total. The Morgan fingerprint density at radius 3 is 2.67 bits per heavy atom. The molecular formula is C10H9BrN2O2. The Labute approximate surface area is 95.4 Å². The van der Waals surface area contributed by atoms with E-state index in [2.05, 4.69) is 26.1 Å². The van der Waals surface area contributed by atoms with Gasteiger partial charge in [-0.25, -0.2) is 0 Å². The van der Waals surface area contributed by atoms with Gasteiger partial charge >= 0.3 is 0 Å². The second-order valence-electron chi connectivity index (χ2n) is 2.86. The first kappa shape index (κ1) is 10.2. The van der Waals surface area contributed by atoms with E-state index in [-0.39, 0.29) is 0 Å². The second kappa shape index (κ2) is 4.93. The van der Waals surface area contributed by atoms with Crippen LogP contribution in [-0.4, -0.2) is 16.8 Å². The van der Waals surface area contributed by atoms with Gasteiger partial charge in [0, 0.05) is 15.9 Å². The summed E-state index contributed by atoms with van der Waals surface area (Å²) in [6.45, 7) is 0.526. The van der Waals surface area contributed by atoms with Crippen LogP contribution < -0.4 is 4.74 Å². The van der Waals surface area contributed by atoms with Gasteiger partial charge in [-0.1, -0.05) is 18.2 Å². The highest BCUT2D eigenvalue weighted by molar-refractivity contribution is 9.10. The van der Waals surface area contributed by atoms with Crippen molar-refractivity contribution < 1.29 is 9.15 Å². The van der Waals surface area contributed by atoms with E-state index < -0.39 is 0 Å². The molecule has 0 amide bonds. The normalized spacial score (nSPS) is 10.2. The highest BCUT2D eigenvalue weighted by atomic mass is 79.9. The molecule has 0 spiro atoms. The Morgan fingerprint density at radius 2 is 2.00 bits per heavy atom. The second-order valence-corrected chi connectivity index (χ2v) is 3.54. The van der Waals surface area contributed by atoms with Crippen LogP contribution in [0, 0.1) is 0 Å². The minimum Gasteiger partial charge on any atom is -0.493 e. The molecule has 0 aliphatic rings. The van der Waals surface area contributed by atoms with Crippen LogP contribution in [-0.2, 0) is 6.42 Å². The summed E-state index contributed by atoms with van der Waals surface area (Å²) in [6.07, 6.45) is 0.605. The Hall–Kier alpha value is -1.36. The lowest BCUT2D eigenvalue weighted by Crippen LogP contribution is -2.01. The molecule has 0 bridgehead atoms. The number of hydrogen-bond acceptors (Lipinski definition) is 4. The van der Waals surface area contributed by atoms with Gasteiger partial charge in [-0.2, -0.15) is 0 Å². The number of aromatic nitrogens is 2. The SMILES string of the molecule is Brc1nnc(CCOc2ccccc2)o1. The van der Waals surface area contributed by atoms with Gasteiger partial charge in [-0.05, 0) is 12.1 Å². The van der Waals surface area contributed by atoms with Gasteiger partial charge < -0.3 is 9.15 Å². The fraction of sp³-hybridized carbons (Fsp3) is 0.200. The predicted octanol–water partition coefficient (Wildman–Crippen LogP) is 2.45. The summed E-state index contributed by atoms with van der Waals surface area (Å²) in [4.78, 5) is 0.400. The Morgan fingerprint density at radius 1 is 1.20 bits per heavy atom. The van der Waals surface area contributed by atoms with Crippen molar-refractivity contribution in [3.63, 3.8) is 0 Å². The molecule has 0 atom stereocenters. The molecule has 0 saturated carbocycles. The van der Waals surface area contributed by atoms with Gasteiger partial charge in [-0.15, -0.1) is 10.2 Å². The molecule has 2 rings (SSSR count). The smallest absolute Gasteiger partial charge is 0.284 e. The number of hydrogen-bond donors (Lipinski definition) is 0. The van der Waals surface area contributed by atoms with Gasteiger partial charge in [-0.3, -0.25) is 0 Å². The number of para-hydroxylation sites is 1. The van der Waals surface area contributed by atoms with Gasteiger partial charge in [0.25, 0.3) is 4.80 Å². The molecule has 1 aromatic carbocycles. The van der Waals surface area contributed by atoms with Crippen LogP contribution in [0.5, 0.6) is 5.75 Å². The van der Waals surface area contributed by atoms with Crippen LogP contribution in [0.1, 0.15) is 5.89 Å². The van der Waals surface area contributed by atoms with Crippen molar-refractivity contribution in [2.24, 2.45) is 0 Å². The molecule has 0 radical (unpaired) electrons. The van der Waals surface area contributed by atoms with Crippen LogP contribution in [0.4, 0.5) is 0 Å². The van der Waals surface area contributed by atoms with E-state index in [1.165, 1.54) is 0 Å². The molecule has 0 unspecified atom stereocenters. The van der Waals surface area contributed by atoms with E-state index in [1.54, 1.807) is 0 Å². The molecule has 15 heavy (non-hydrogen) atoms. The summed E-state index contributed by atoms with van der Waals surface area (Å²) in [7, 11) is 0. The van der Waals surface area contributed by atoms with E-state index in [1.807, 2.05) is 30.3 Å². The molecule has 2 aromatic rings. The summed E-state index contributed by atoms with van der Waals surface area (Å²) >= 11 is 3.09. The van der Waals surface area contributed by atoms with Crippen molar-refractivity contribution >= 4 is 15.9 Å². The van der Waals surface area contributed by atoms with E-state index in [0.29, 0.717) is 23.7 Å². The third kappa shape index (κ3) is 3.06. The predicted molar refractivity (Wildman–Crippen MR) is 57.6 cm³/mol. The third-order valence-electron chi connectivity index (χ3n) is 1.77. The monoisotopic (exact) mass is 268 g/mol.